The first kappa shape index (κ1) is 11.9. The molecule has 0 aliphatic rings. The van der Waals surface area contributed by atoms with Crippen molar-refractivity contribution >= 4 is 37.9 Å². The zero-order chi connectivity index (χ0) is 10.6. The summed E-state index contributed by atoms with van der Waals surface area (Å²) in [7, 11) is 0. The fourth-order valence-corrected chi connectivity index (χ4v) is 2.40. The number of halogens is 3. The summed E-state index contributed by atoms with van der Waals surface area (Å²) in [5.41, 5.74) is 6.29. The number of hydrogen-bond acceptors (Lipinski definition) is 1. The number of hydrogen-bond donors (Lipinski definition) is 1. The van der Waals surface area contributed by atoms with Crippen molar-refractivity contribution in [3.05, 3.63) is 38.5 Å². The summed E-state index contributed by atoms with van der Waals surface area (Å²) in [5, 5.41) is 0. The average Bonchev–Trinajstić information content (AvgIpc) is 2.09. The molecule has 0 unspecified atom stereocenters. The Bertz CT molecular complexity index is 327. The van der Waals surface area contributed by atoms with E-state index < -0.39 is 0 Å². The minimum Gasteiger partial charge on any atom is -0.330 e. The molecule has 0 radical (unpaired) electrons. The van der Waals surface area contributed by atoms with Crippen LogP contribution in [0.1, 0.15) is 12.0 Å². The second kappa shape index (κ2) is 5.63. The quantitative estimate of drug-likeness (QED) is 0.902. The van der Waals surface area contributed by atoms with Gasteiger partial charge in [-0.05, 0) is 25.1 Å². The normalized spacial score (nSPS) is 11.1. The summed E-state index contributed by atoms with van der Waals surface area (Å²) in [6.45, 7) is 0.618. The maximum atomic E-state index is 12.9. The van der Waals surface area contributed by atoms with Gasteiger partial charge in [0.15, 0.2) is 0 Å². The van der Waals surface area contributed by atoms with Crippen molar-refractivity contribution in [2.45, 2.75) is 6.42 Å². The number of nitrogens with two attached hydrogens (primary N) is 1. The van der Waals surface area contributed by atoms with E-state index in [0.717, 1.165) is 20.9 Å². The molecule has 0 amide bonds. The van der Waals surface area contributed by atoms with Gasteiger partial charge < -0.3 is 5.73 Å². The zero-order valence-electron chi connectivity index (χ0n) is 7.43. The average molecular weight is 323 g/mol. The number of rotatable bonds is 3. The molecule has 0 atom stereocenters. The van der Waals surface area contributed by atoms with Crippen molar-refractivity contribution in [1.29, 1.82) is 0 Å². The van der Waals surface area contributed by atoms with E-state index in [9.17, 15) is 4.39 Å². The van der Waals surface area contributed by atoms with Crippen molar-refractivity contribution < 1.29 is 4.39 Å². The van der Waals surface area contributed by atoms with E-state index in [-0.39, 0.29) is 5.82 Å². The molecule has 4 heteroatoms. The molecule has 76 valence electrons. The van der Waals surface area contributed by atoms with Crippen LogP contribution in [0.15, 0.2) is 27.2 Å². The molecule has 0 fully saturated rings. The SMILES string of the molecule is NCCC=Cc1c(Br)cc(F)cc1Br. The summed E-state index contributed by atoms with van der Waals surface area (Å²) in [6, 6.07) is 2.87. The van der Waals surface area contributed by atoms with Crippen LogP contribution in [0.4, 0.5) is 4.39 Å². The monoisotopic (exact) mass is 321 g/mol. The summed E-state index contributed by atoms with van der Waals surface area (Å²) < 4.78 is 14.4. The smallest absolute Gasteiger partial charge is 0.125 e. The van der Waals surface area contributed by atoms with Gasteiger partial charge in [-0.2, -0.15) is 0 Å². The van der Waals surface area contributed by atoms with E-state index in [4.69, 9.17) is 5.73 Å². The lowest BCUT2D eigenvalue weighted by atomic mass is 10.2. The van der Waals surface area contributed by atoms with E-state index in [1.165, 1.54) is 12.1 Å². The third-order valence-electron chi connectivity index (χ3n) is 1.66. The van der Waals surface area contributed by atoms with Crippen LogP contribution in [0.5, 0.6) is 0 Å². The summed E-state index contributed by atoms with van der Waals surface area (Å²) in [6.07, 6.45) is 4.69. The molecule has 0 aromatic heterocycles. The number of benzene rings is 1. The van der Waals surface area contributed by atoms with Gasteiger partial charge in [0.2, 0.25) is 0 Å². The van der Waals surface area contributed by atoms with Crippen molar-refractivity contribution in [3.63, 3.8) is 0 Å². The Morgan fingerprint density at radius 2 is 1.86 bits per heavy atom. The third-order valence-corrected chi connectivity index (χ3v) is 2.97. The fraction of sp³-hybridized carbons (Fsp3) is 0.200. The Hall–Kier alpha value is -0.190. The Balaban J connectivity index is 2.96. The lowest BCUT2D eigenvalue weighted by molar-refractivity contribution is 0.626. The van der Waals surface area contributed by atoms with Gasteiger partial charge in [0.1, 0.15) is 5.82 Å². The first-order chi connectivity index (χ1) is 6.65. The van der Waals surface area contributed by atoms with E-state index >= 15 is 0 Å². The highest BCUT2D eigenvalue weighted by Gasteiger charge is 2.03. The second-order valence-corrected chi connectivity index (χ2v) is 4.47. The lowest BCUT2D eigenvalue weighted by Gasteiger charge is -2.02. The van der Waals surface area contributed by atoms with E-state index in [1.54, 1.807) is 0 Å². The van der Waals surface area contributed by atoms with Crippen LogP contribution in [0.2, 0.25) is 0 Å². The molecule has 0 saturated heterocycles. The first-order valence-electron chi connectivity index (χ1n) is 4.16. The van der Waals surface area contributed by atoms with Crippen LogP contribution >= 0.6 is 31.9 Å². The summed E-state index contributed by atoms with van der Waals surface area (Å²) >= 11 is 6.60. The molecule has 1 nitrogen and oxygen atoms in total. The Morgan fingerprint density at radius 3 is 2.36 bits per heavy atom. The highest BCUT2D eigenvalue weighted by atomic mass is 79.9. The molecule has 0 saturated carbocycles. The molecular weight excluding hydrogens is 313 g/mol. The van der Waals surface area contributed by atoms with Gasteiger partial charge in [0.25, 0.3) is 0 Å². The fourth-order valence-electron chi connectivity index (χ4n) is 1.01. The van der Waals surface area contributed by atoms with Gasteiger partial charge in [-0.3, -0.25) is 0 Å². The standard InChI is InChI=1S/C10H10Br2FN/c11-9-5-7(13)6-10(12)8(9)3-1-2-4-14/h1,3,5-6H,2,4,14H2. The van der Waals surface area contributed by atoms with Crippen LogP contribution in [-0.2, 0) is 0 Å². The molecule has 0 aliphatic heterocycles. The van der Waals surface area contributed by atoms with Crippen LogP contribution in [0.25, 0.3) is 6.08 Å². The van der Waals surface area contributed by atoms with Crippen LogP contribution in [0, 0.1) is 5.82 Å². The molecule has 1 aromatic carbocycles. The Labute approximate surface area is 99.4 Å². The molecule has 0 spiro atoms. The summed E-state index contributed by atoms with van der Waals surface area (Å²) in [5.74, 6) is -0.264. The highest BCUT2D eigenvalue weighted by Crippen LogP contribution is 2.28. The Morgan fingerprint density at radius 1 is 1.29 bits per heavy atom. The van der Waals surface area contributed by atoms with E-state index in [2.05, 4.69) is 31.9 Å². The second-order valence-electron chi connectivity index (χ2n) is 2.76. The van der Waals surface area contributed by atoms with Gasteiger partial charge >= 0.3 is 0 Å². The maximum Gasteiger partial charge on any atom is 0.125 e. The van der Waals surface area contributed by atoms with Gasteiger partial charge in [-0.1, -0.05) is 44.0 Å². The molecular formula is C10H10Br2FN. The highest BCUT2D eigenvalue weighted by molar-refractivity contribution is 9.11. The van der Waals surface area contributed by atoms with Crippen LogP contribution < -0.4 is 5.73 Å². The molecule has 0 bridgehead atoms. The molecule has 14 heavy (non-hydrogen) atoms. The predicted molar refractivity (Wildman–Crippen MR) is 64.5 cm³/mol. The minimum atomic E-state index is -0.264. The molecule has 0 aliphatic carbocycles. The van der Waals surface area contributed by atoms with E-state index in [1.807, 2.05) is 12.2 Å². The molecule has 2 N–H and O–H groups in total. The third kappa shape index (κ3) is 3.19. The minimum absolute atomic E-state index is 0.264. The van der Waals surface area contributed by atoms with E-state index in [0.29, 0.717) is 6.54 Å². The van der Waals surface area contributed by atoms with Crippen LogP contribution in [0.3, 0.4) is 0 Å². The zero-order valence-corrected chi connectivity index (χ0v) is 10.6. The van der Waals surface area contributed by atoms with Gasteiger partial charge in [-0.15, -0.1) is 0 Å². The Kier molecular flexibility index (Phi) is 4.78. The van der Waals surface area contributed by atoms with Crippen molar-refractivity contribution in [3.8, 4) is 0 Å². The summed E-state index contributed by atoms with van der Waals surface area (Å²) in [4.78, 5) is 0. The first-order valence-corrected chi connectivity index (χ1v) is 5.75. The van der Waals surface area contributed by atoms with Gasteiger partial charge in [0.05, 0.1) is 0 Å². The molecule has 0 heterocycles. The van der Waals surface area contributed by atoms with Crippen LogP contribution in [-0.4, -0.2) is 6.54 Å². The molecule has 1 rings (SSSR count). The maximum absolute atomic E-state index is 12.9. The van der Waals surface area contributed by atoms with Gasteiger partial charge in [0, 0.05) is 14.5 Å². The van der Waals surface area contributed by atoms with Crippen molar-refractivity contribution in [2.24, 2.45) is 5.73 Å². The lowest BCUT2D eigenvalue weighted by Crippen LogP contribution is -1.95. The predicted octanol–water partition coefficient (Wildman–Crippen LogP) is 3.71. The van der Waals surface area contributed by atoms with Crippen molar-refractivity contribution in [2.75, 3.05) is 6.54 Å². The van der Waals surface area contributed by atoms with Crippen molar-refractivity contribution in [1.82, 2.24) is 0 Å². The molecule has 1 aromatic rings. The topological polar surface area (TPSA) is 26.0 Å². The largest absolute Gasteiger partial charge is 0.330 e. The van der Waals surface area contributed by atoms with Gasteiger partial charge in [-0.25, -0.2) is 4.39 Å².